The first kappa shape index (κ1) is 24.7. The van der Waals surface area contributed by atoms with Crippen molar-refractivity contribution in [3.8, 4) is 5.75 Å². The number of hydrogen-bond acceptors (Lipinski definition) is 4. The van der Waals surface area contributed by atoms with E-state index >= 15 is 0 Å². The van der Waals surface area contributed by atoms with Crippen molar-refractivity contribution in [2.75, 3.05) is 25.0 Å². The summed E-state index contributed by atoms with van der Waals surface area (Å²) in [5.74, 6) is 1.53. The van der Waals surface area contributed by atoms with Crippen molar-refractivity contribution in [3.63, 3.8) is 0 Å². The highest BCUT2D eigenvalue weighted by Crippen LogP contribution is 2.28. The molecule has 32 heavy (non-hydrogen) atoms. The van der Waals surface area contributed by atoms with E-state index in [9.17, 15) is 13.2 Å². The van der Waals surface area contributed by atoms with Gasteiger partial charge in [-0.05, 0) is 89.5 Å². The van der Waals surface area contributed by atoms with Crippen LogP contribution in [0.4, 0.5) is 5.69 Å². The Morgan fingerprint density at radius 3 is 2.41 bits per heavy atom. The lowest BCUT2D eigenvalue weighted by Crippen LogP contribution is -2.37. The molecule has 1 amide bonds. The largest absolute Gasteiger partial charge is 0.492 e. The molecule has 0 radical (unpaired) electrons. The highest BCUT2D eigenvalue weighted by atomic mass is 79.9. The number of carbonyl (C=O) groups excluding carboxylic acids is 1. The summed E-state index contributed by atoms with van der Waals surface area (Å²) in [5, 5.41) is 2.82. The van der Waals surface area contributed by atoms with Gasteiger partial charge in [0.05, 0.1) is 16.0 Å². The molecule has 0 aromatic heterocycles. The third kappa shape index (κ3) is 6.33. The van der Waals surface area contributed by atoms with Gasteiger partial charge in [-0.2, -0.15) is 4.31 Å². The normalized spacial score (nSPS) is 15.7. The van der Waals surface area contributed by atoms with E-state index in [4.69, 9.17) is 4.74 Å². The van der Waals surface area contributed by atoms with Crippen molar-refractivity contribution in [1.29, 1.82) is 0 Å². The Labute approximate surface area is 199 Å². The number of benzene rings is 2. The number of nitrogens with zero attached hydrogens (tertiary/aromatic N) is 1. The summed E-state index contributed by atoms with van der Waals surface area (Å²) in [5.41, 5.74) is 1.02. The molecule has 3 rings (SSSR count). The van der Waals surface area contributed by atoms with Crippen LogP contribution in [0.25, 0.3) is 0 Å². The molecule has 1 N–H and O–H groups in total. The number of ether oxygens (including phenoxy) is 1. The molecule has 6 nitrogen and oxygen atoms in total. The van der Waals surface area contributed by atoms with E-state index in [-0.39, 0.29) is 10.8 Å². The summed E-state index contributed by atoms with van der Waals surface area (Å²) in [6, 6.07) is 11.5. The Morgan fingerprint density at radius 1 is 1.16 bits per heavy atom. The summed E-state index contributed by atoms with van der Waals surface area (Å²) in [6.07, 6.45) is 2.71. The SMILES string of the molecule is CC(C)CCOc1ccc(C(=O)Nc2ccc(S(=O)(=O)N3CCC(C)CC3)cc2)cc1Br. The third-order valence-corrected chi connectivity index (χ3v) is 8.17. The molecule has 8 heteroatoms. The van der Waals surface area contributed by atoms with Gasteiger partial charge in [0.25, 0.3) is 5.91 Å². The first-order chi connectivity index (χ1) is 15.2. The summed E-state index contributed by atoms with van der Waals surface area (Å²) in [7, 11) is -3.51. The van der Waals surface area contributed by atoms with Gasteiger partial charge in [-0.15, -0.1) is 0 Å². The molecule has 1 saturated heterocycles. The molecule has 0 spiro atoms. The second kappa shape index (κ2) is 10.8. The van der Waals surface area contributed by atoms with Crippen molar-refractivity contribution in [2.45, 2.75) is 44.9 Å². The van der Waals surface area contributed by atoms with Crippen molar-refractivity contribution >= 4 is 37.5 Å². The van der Waals surface area contributed by atoms with Gasteiger partial charge in [0.2, 0.25) is 10.0 Å². The zero-order chi connectivity index (χ0) is 23.3. The molecule has 0 saturated carbocycles. The van der Waals surface area contributed by atoms with Crippen molar-refractivity contribution in [3.05, 3.63) is 52.5 Å². The standard InChI is InChI=1S/C24H31BrN2O4S/c1-17(2)12-15-31-23-9-4-19(16-22(23)25)24(28)26-20-5-7-21(8-6-20)32(29,30)27-13-10-18(3)11-14-27/h4-9,16-18H,10-15H2,1-3H3,(H,26,28). The highest BCUT2D eigenvalue weighted by molar-refractivity contribution is 9.10. The fourth-order valence-corrected chi connectivity index (χ4v) is 5.41. The first-order valence-corrected chi connectivity index (χ1v) is 13.2. The smallest absolute Gasteiger partial charge is 0.255 e. The highest BCUT2D eigenvalue weighted by Gasteiger charge is 2.27. The number of hydrogen-bond donors (Lipinski definition) is 1. The lowest BCUT2D eigenvalue weighted by Gasteiger charge is -2.29. The fraction of sp³-hybridized carbons (Fsp3) is 0.458. The van der Waals surface area contributed by atoms with E-state index in [2.05, 4.69) is 42.0 Å². The van der Waals surface area contributed by atoms with Gasteiger partial charge in [-0.25, -0.2) is 8.42 Å². The van der Waals surface area contributed by atoms with Crippen LogP contribution in [-0.2, 0) is 10.0 Å². The number of rotatable bonds is 8. The minimum absolute atomic E-state index is 0.246. The summed E-state index contributed by atoms with van der Waals surface area (Å²) < 4.78 is 33.7. The fourth-order valence-electron chi connectivity index (χ4n) is 3.45. The Kier molecular flexibility index (Phi) is 8.36. The molecule has 1 aliphatic heterocycles. The number of carbonyl (C=O) groups is 1. The Morgan fingerprint density at radius 2 is 1.81 bits per heavy atom. The maximum Gasteiger partial charge on any atom is 0.255 e. The minimum atomic E-state index is -3.51. The number of nitrogens with one attached hydrogen (secondary N) is 1. The van der Waals surface area contributed by atoms with Crippen LogP contribution in [0.1, 0.15) is 50.4 Å². The van der Waals surface area contributed by atoms with Crippen molar-refractivity contribution < 1.29 is 17.9 Å². The van der Waals surface area contributed by atoms with Crippen LogP contribution in [0.15, 0.2) is 51.8 Å². The predicted octanol–water partition coefficient (Wildman–Crippen LogP) is 5.55. The average Bonchev–Trinajstić information content (AvgIpc) is 2.75. The van der Waals surface area contributed by atoms with Gasteiger partial charge in [0.1, 0.15) is 5.75 Å². The molecule has 2 aromatic carbocycles. The Balaban J connectivity index is 1.62. The second-order valence-corrected chi connectivity index (χ2v) is 11.5. The number of anilines is 1. The van der Waals surface area contributed by atoms with Gasteiger partial charge in [-0.1, -0.05) is 20.8 Å². The Hall–Kier alpha value is -1.90. The number of piperidine rings is 1. The molecule has 0 aliphatic carbocycles. The van der Waals surface area contributed by atoms with Crippen LogP contribution in [-0.4, -0.2) is 38.3 Å². The quantitative estimate of drug-likeness (QED) is 0.493. The van der Waals surface area contributed by atoms with Crippen molar-refractivity contribution in [2.24, 2.45) is 11.8 Å². The molecule has 1 aliphatic rings. The second-order valence-electron chi connectivity index (χ2n) is 8.74. The maximum atomic E-state index is 12.9. The predicted molar refractivity (Wildman–Crippen MR) is 131 cm³/mol. The zero-order valence-electron chi connectivity index (χ0n) is 18.8. The van der Waals surface area contributed by atoms with Gasteiger partial charge in [-0.3, -0.25) is 4.79 Å². The number of halogens is 1. The van der Waals surface area contributed by atoms with Crippen LogP contribution in [0.5, 0.6) is 5.75 Å². The molecule has 0 bridgehead atoms. The Bertz CT molecular complexity index is 1030. The van der Waals surface area contributed by atoms with Crippen LogP contribution in [0.2, 0.25) is 0 Å². The van der Waals surface area contributed by atoms with Gasteiger partial charge in [0, 0.05) is 24.3 Å². The monoisotopic (exact) mass is 522 g/mol. The maximum absolute atomic E-state index is 12.9. The van der Waals surface area contributed by atoms with Crippen LogP contribution < -0.4 is 10.1 Å². The molecule has 1 fully saturated rings. The van der Waals surface area contributed by atoms with Crippen LogP contribution >= 0.6 is 15.9 Å². The van der Waals surface area contributed by atoms with Crippen molar-refractivity contribution in [1.82, 2.24) is 4.31 Å². The lowest BCUT2D eigenvalue weighted by atomic mass is 10.0. The van der Waals surface area contributed by atoms with E-state index in [1.54, 1.807) is 46.8 Å². The van der Waals surface area contributed by atoms with E-state index in [0.29, 0.717) is 53.0 Å². The summed E-state index contributed by atoms with van der Waals surface area (Å²) in [4.78, 5) is 12.9. The van der Waals surface area contributed by atoms with Gasteiger partial charge < -0.3 is 10.1 Å². The van der Waals surface area contributed by atoms with Gasteiger partial charge in [0.15, 0.2) is 0 Å². The molecule has 1 heterocycles. The zero-order valence-corrected chi connectivity index (χ0v) is 21.2. The number of sulfonamides is 1. The molecular weight excluding hydrogens is 492 g/mol. The van der Waals surface area contributed by atoms with Crippen LogP contribution in [0, 0.1) is 11.8 Å². The molecule has 174 valence electrons. The van der Waals surface area contributed by atoms with E-state index in [1.165, 1.54) is 0 Å². The lowest BCUT2D eigenvalue weighted by molar-refractivity contribution is 0.102. The van der Waals surface area contributed by atoms with E-state index < -0.39 is 10.0 Å². The average molecular weight is 523 g/mol. The number of amides is 1. The topological polar surface area (TPSA) is 75.7 Å². The molecule has 0 atom stereocenters. The van der Waals surface area contributed by atoms with Crippen LogP contribution in [0.3, 0.4) is 0 Å². The minimum Gasteiger partial charge on any atom is -0.492 e. The van der Waals surface area contributed by atoms with E-state index in [0.717, 1.165) is 19.3 Å². The molecular formula is C24H31BrN2O4S. The summed E-state index contributed by atoms with van der Waals surface area (Å²) in [6.45, 7) is 8.15. The van der Waals surface area contributed by atoms with Gasteiger partial charge >= 0.3 is 0 Å². The third-order valence-electron chi connectivity index (χ3n) is 5.64. The molecule has 2 aromatic rings. The first-order valence-electron chi connectivity index (χ1n) is 11.0. The summed E-state index contributed by atoms with van der Waals surface area (Å²) >= 11 is 3.46. The van der Waals surface area contributed by atoms with E-state index in [1.807, 2.05) is 0 Å². The molecule has 0 unspecified atom stereocenters.